The maximum atomic E-state index is 14.6. The second-order valence-electron chi connectivity index (χ2n) is 8.41. The van der Waals surface area contributed by atoms with Crippen molar-refractivity contribution < 1.29 is 18.7 Å². The van der Waals surface area contributed by atoms with Gasteiger partial charge in [0.15, 0.2) is 0 Å². The molecule has 1 aromatic carbocycles. The second-order valence-corrected chi connectivity index (χ2v) is 8.82. The maximum absolute atomic E-state index is 14.6. The van der Waals surface area contributed by atoms with E-state index in [1.807, 2.05) is 12.1 Å². The van der Waals surface area contributed by atoms with Crippen LogP contribution in [0.5, 0.6) is 5.75 Å². The van der Waals surface area contributed by atoms with E-state index in [1.54, 1.807) is 12.3 Å². The van der Waals surface area contributed by atoms with Crippen molar-refractivity contribution in [1.82, 2.24) is 10.3 Å². The Bertz CT molecular complexity index is 1050. The normalized spacial score (nSPS) is 16.5. The molecule has 1 heterocycles. The summed E-state index contributed by atoms with van der Waals surface area (Å²) >= 11 is 6.17. The summed E-state index contributed by atoms with van der Waals surface area (Å²) in [7, 11) is 0. The average Bonchev–Trinajstić information content (AvgIpc) is 3.34. The molecular weight excluding hydrogens is 445 g/mol. The Kier molecular flexibility index (Phi) is 7.60. The Morgan fingerprint density at radius 2 is 1.79 bits per heavy atom. The number of carbonyl (C=O) groups is 2. The smallest absolute Gasteiger partial charge is 0.252 e. The van der Waals surface area contributed by atoms with Gasteiger partial charge in [-0.1, -0.05) is 17.7 Å². The quantitative estimate of drug-likeness (QED) is 0.572. The first-order valence-electron chi connectivity index (χ1n) is 11.4. The van der Waals surface area contributed by atoms with Crippen molar-refractivity contribution in [3.63, 3.8) is 0 Å². The van der Waals surface area contributed by atoms with Crippen LogP contribution in [0.15, 0.2) is 47.7 Å². The molecule has 2 aliphatic rings. The van der Waals surface area contributed by atoms with Crippen molar-refractivity contribution in [3.05, 3.63) is 64.2 Å². The molecule has 1 aromatic heterocycles. The lowest BCUT2D eigenvalue weighted by Crippen LogP contribution is -2.29. The predicted octanol–water partition coefficient (Wildman–Crippen LogP) is 5.32. The van der Waals surface area contributed by atoms with E-state index in [-0.39, 0.29) is 29.3 Å². The van der Waals surface area contributed by atoms with E-state index in [0.717, 1.165) is 50.3 Å². The van der Waals surface area contributed by atoms with Crippen LogP contribution < -0.4 is 15.4 Å². The molecule has 2 aliphatic carbocycles. The molecule has 0 saturated heterocycles. The summed E-state index contributed by atoms with van der Waals surface area (Å²) in [5.41, 5.74) is 1.54. The first-order chi connectivity index (χ1) is 16.0. The van der Waals surface area contributed by atoms with Crippen molar-refractivity contribution in [2.45, 2.75) is 64.0 Å². The summed E-state index contributed by atoms with van der Waals surface area (Å²) in [6.07, 6.45) is 8.31. The highest BCUT2D eigenvalue weighted by atomic mass is 35.5. The van der Waals surface area contributed by atoms with Crippen LogP contribution in [-0.2, 0) is 16.1 Å². The monoisotopic (exact) mass is 471 g/mol. The van der Waals surface area contributed by atoms with Gasteiger partial charge in [0.1, 0.15) is 11.6 Å². The minimum absolute atomic E-state index is 0.0104. The molecule has 33 heavy (non-hydrogen) atoms. The summed E-state index contributed by atoms with van der Waals surface area (Å²) in [4.78, 5) is 30.1. The molecule has 0 spiro atoms. The number of hydrogen-bond acceptors (Lipinski definition) is 4. The number of benzene rings is 1. The van der Waals surface area contributed by atoms with Crippen LogP contribution in [0.4, 0.5) is 10.1 Å². The molecule has 1 fully saturated rings. The van der Waals surface area contributed by atoms with Gasteiger partial charge < -0.3 is 15.4 Å². The Balaban J connectivity index is 1.49. The lowest BCUT2D eigenvalue weighted by molar-refractivity contribution is -0.119. The van der Waals surface area contributed by atoms with E-state index in [1.165, 1.54) is 6.07 Å². The van der Waals surface area contributed by atoms with Crippen molar-refractivity contribution in [2.75, 3.05) is 5.32 Å². The molecule has 0 bridgehead atoms. The SMILES string of the molecule is O=C(NCc1ccccn1)C1=C(C(=O)Nc2cc(OC3CCCC3)c(Cl)cc2F)CCCC1. The van der Waals surface area contributed by atoms with Gasteiger partial charge in [-0.05, 0) is 69.6 Å². The van der Waals surface area contributed by atoms with Gasteiger partial charge in [0.25, 0.3) is 5.91 Å². The fourth-order valence-electron chi connectivity index (χ4n) is 4.29. The topological polar surface area (TPSA) is 80.3 Å². The minimum atomic E-state index is -0.648. The summed E-state index contributed by atoms with van der Waals surface area (Å²) in [5, 5.41) is 5.63. The number of halogens is 2. The zero-order valence-electron chi connectivity index (χ0n) is 18.3. The number of carbonyl (C=O) groups excluding carboxylic acids is 2. The number of aromatic nitrogens is 1. The van der Waals surface area contributed by atoms with Crippen molar-refractivity contribution in [1.29, 1.82) is 0 Å². The van der Waals surface area contributed by atoms with Gasteiger partial charge in [-0.25, -0.2) is 4.39 Å². The van der Waals surface area contributed by atoms with Gasteiger partial charge in [-0.15, -0.1) is 0 Å². The van der Waals surface area contributed by atoms with Gasteiger partial charge in [-0.3, -0.25) is 14.6 Å². The fraction of sp³-hybridized carbons (Fsp3) is 0.400. The molecule has 2 aromatic rings. The van der Waals surface area contributed by atoms with Gasteiger partial charge in [-0.2, -0.15) is 0 Å². The number of anilines is 1. The Hall–Kier alpha value is -2.93. The number of rotatable bonds is 7. The second kappa shape index (κ2) is 10.8. The van der Waals surface area contributed by atoms with Crippen molar-refractivity contribution in [3.8, 4) is 5.75 Å². The van der Waals surface area contributed by atoms with Crippen LogP contribution in [-0.4, -0.2) is 22.9 Å². The van der Waals surface area contributed by atoms with Crippen LogP contribution in [0, 0.1) is 5.82 Å². The number of hydrogen-bond donors (Lipinski definition) is 2. The first-order valence-corrected chi connectivity index (χ1v) is 11.8. The summed E-state index contributed by atoms with van der Waals surface area (Å²) in [6, 6.07) is 8.04. The van der Waals surface area contributed by atoms with Crippen molar-refractivity contribution in [2.24, 2.45) is 0 Å². The molecule has 6 nitrogen and oxygen atoms in total. The Labute approximate surface area is 197 Å². The van der Waals surface area contributed by atoms with Gasteiger partial charge in [0, 0.05) is 23.4 Å². The summed E-state index contributed by atoms with van der Waals surface area (Å²) in [5.74, 6) is -1.08. The molecule has 1 saturated carbocycles. The highest BCUT2D eigenvalue weighted by molar-refractivity contribution is 6.32. The summed E-state index contributed by atoms with van der Waals surface area (Å²) in [6.45, 7) is 0.270. The molecule has 4 rings (SSSR count). The highest BCUT2D eigenvalue weighted by Gasteiger charge is 2.25. The van der Waals surface area contributed by atoms with E-state index in [4.69, 9.17) is 16.3 Å². The van der Waals surface area contributed by atoms with Gasteiger partial charge >= 0.3 is 0 Å². The van der Waals surface area contributed by atoms with Crippen LogP contribution in [0.1, 0.15) is 57.1 Å². The molecule has 8 heteroatoms. The molecular formula is C25H27ClFN3O3. The van der Waals surface area contributed by atoms with Crippen molar-refractivity contribution >= 4 is 29.1 Å². The fourth-order valence-corrected chi connectivity index (χ4v) is 4.48. The Morgan fingerprint density at radius 3 is 2.48 bits per heavy atom. The third-order valence-corrected chi connectivity index (χ3v) is 6.33. The van der Waals surface area contributed by atoms with E-state index >= 15 is 0 Å². The third kappa shape index (κ3) is 5.90. The Morgan fingerprint density at radius 1 is 1.06 bits per heavy atom. The van der Waals surface area contributed by atoms with Crippen LogP contribution in [0.25, 0.3) is 0 Å². The van der Waals surface area contributed by atoms with E-state index in [0.29, 0.717) is 29.7 Å². The van der Waals surface area contributed by atoms with Gasteiger partial charge in [0.2, 0.25) is 5.91 Å². The van der Waals surface area contributed by atoms with E-state index in [2.05, 4.69) is 15.6 Å². The van der Waals surface area contributed by atoms with Crippen LogP contribution >= 0.6 is 11.6 Å². The number of pyridine rings is 1. The van der Waals surface area contributed by atoms with Crippen LogP contribution in [0.2, 0.25) is 5.02 Å². The average molecular weight is 472 g/mol. The number of ether oxygens (including phenoxy) is 1. The van der Waals surface area contributed by atoms with Gasteiger partial charge in [0.05, 0.1) is 29.1 Å². The van der Waals surface area contributed by atoms with E-state index in [9.17, 15) is 14.0 Å². The molecule has 0 aliphatic heterocycles. The maximum Gasteiger partial charge on any atom is 0.252 e. The lowest BCUT2D eigenvalue weighted by atomic mass is 9.90. The third-order valence-electron chi connectivity index (χ3n) is 6.04. The molecule has 0 atom stereocenters. The zero-order valence-corrected chi connectivity index (χ0v) is 19.1. The first kappa shape index (κ1) is 23.2. The highest BCUT2D eigenvalue weighted by Crippen LogP contribution is 2.34. The largest absolute Gasteiger partial charge is 0.489 e. The van der Waals surface area contributed by atoms with Crippen LogP contribution in [0.3, 0.4) is 0 Å². The molecule has 174 valence electrons. The zero-order chi connectivity index (χ0) is 23.2. The summed E-state index contributed by atoms with van der Waals surface area (Å²) < 4.78 is 20.5. The molecule has 0 unspecified atom stereocenters. The standard InChI is InChI=1S/C25H27ClFN3O3/c26-20-13-21(27)22(14-23(20)33-17-8-1-2-9-17)30-25(32)19-11-4-3-10-18(19)24(31)29-15-16-7-5-6-12-28-16/h5-7,12-14,17H,1-4,8-11,15H2,(H,29,31)(H,30,32). The molecule has 2 N–H and O–H groups in total. The lowest BCUT2D eigenvalue weighted by Gasteiger charge is -2.20. The number of nitrogens with zero attached hydrogens (tertiary/aromatic N) is 1. The molecule has 0 radical (unpaired) electrons. The molecule has 2 amide bonds. The number of amides is 2. The predicted molar refractivity (Wildman–Crippen MR) is 125 cm³/mol. The number of nitrogens with one attached hydrogen (secondary N) is 2. The minimum Gasteiger partial charge on any atom is -0.489 e. The van der Waals surface area contributed by atoms with E-state index < -0.39 is 11.7 Å².